The van der Waals surface area contributed by atoms with Crippen LogP contribution in [0, 0.1) is 11.3 Å². The van der Waals surface area contributed by atoms with Crippen LogP contribution in [0.5, 0.6) is 0 Å². The molecule has 1 aliphatic carbocycles. The van der Waals surface area contributed by atoms with E-state index < -0.39 is 0 Å². The number of rotatable bonds is 3. The standard InChI is InChI=1S/C11H14N4S/c1-16-10-4-2-3-9(10)15-11-7-13-8(5-12)6-14-11/h6-7,9-10H,2-4H2,1H3,(H,14,15). The van der Waals surface area contributed by atoms with E-state index in [0.29, 0.717) is 17.0 Å². The van der Waals surface area contributed by atoms with Crippen LogP contribution < -0.4 is 5.32 Å². The molecule has 1 aromatic heterocycles. The summed E-state index contributed by atoms with van der Waals surface area (Å²) in [5.74, 6) is 0.768. The largest absolute Gasteiger partial charge is 0.365 e. The molecule has 1 fully saturated rings. The van der Waals surface area contributed by atoms with Gasteiger partial charge >= 0.3 is 0 Å². The minimum absolute atomic E-state index is 0.360. The summed E-state index contributed by atoms with van der Waals surface area (Å²) in [7, 11) is 0. The molecule has 0 aliphatic heterocycles. The average Bonchev–Trinajstić information content (AvgIpc) is 2.77. The summed E-state index contributed by atoms with van der Waals surface area (Å²) < 4.78 is 0. The van der Waals surface area contributed by atoms with Gasteiger partial charge in [0.05, 0.1) is 12.4 Å². The van der Waals surface area contributed by atoms with Crippen molar-refractivity contribution in [1.82, 2.24) is 9.97 Å². The molecule has 2 atom stereocenters. The molecule has 0 radical (unpaired) electrons. The van der Waals surface area contributed by atoms with E-state index in [1.165, 1.54) is 25.5 Å². The van der Waals surface area contributed by atoms with Crippen LogP contribution in [0.3, 0.4) is 0 Å². The highest BCUT2D eigenvalue weighted by Crippen LogP contribution is 2.30. The summed E-state index contributed by atoms with van der Waals surface area (Å²) in [4.78, 5) is 8.17. The molecule has 16 heavy (non-hydrogen) atoms. The van der Waals surface area contributed by atoms with E-state index in [4.69, 9.17) is 5.26 Å². The minimum Gasteiger partial charge on any atom is -0.365 e. The Hall–Kier alpha value is -1.28. The predicted octanol–water partition coefficient (Wildman–Crippen LogP) is 2.04. The highest BCUT2D eigenvalue weighted by Gasteiger charge is 2.26. The molecular formula is C11H14N4S. The number of nitrogens with zero attached hydrogens (tertiary/aromatic N) is 3. The second-order valence-electron chi connectivity index (χ2n) is 3.85. The molecule has 0 spiro atoms. The third-order valence-electron chi connectivity index (χ3n) is 2.85. The van der Waals surface area contributed by atoms with Crippen LogP contribution in [0.2, 0.25) is 0 Å². The van der Waals surface area contributed by atoms with Gasteiger partial charge in [0.1, 0.15) is 11.9 Å². The van der Waals surface area contributed by atoms with Crippen molar-refractivity contribution in [1.29, 1.82) is 5.26 Å². The Morgan fingerprint density at radius 2 is 2.31 bits per heavy atom. The lowest BCUT2D eigenvalue weighted by Crippen LogP contribution is -2.26. The van der Waals surface area contributed by atoms with Crippen molar-refractivity contribution < 1.29 is 0 Å². The molecule has 4 nitrogen and oxygen atoms in total. The normalized spacial score (nSPS) is 24.0. The number of hydrogen-bond donors (Lipinski definition) is 1. The minimum atomic E-state index is 0.360. The second kappa shape index (κ2) is 5.17. The van der Waals surface area contributed by atoms with Gasteiger partial charge in [-0.1, -0.05) is 6.42 Å². The molecule has 0 amide bonds. The molecule has 1 aliphatic rings. The van der Waals surface area contributed by atoms with Gasteiger partial charge in [0.2, 0.25) is 0 Å². The fourth-order valence-corrected chi connectivity index (χ4v) is 2.96. The van der Waals surface area contributed by atoms with Crippen molar-refractivity contribution >= 4 is 17.6 Å². The number of nitrogens with one attached hydrogen (secondary N) is 1. The maximum Gasteiger partial charge on any atom is 0.158 e. The second-order valence-corrected chi connectivity index (χ2v) is 4.93. The van der Waals surface area contributed by atoms with Gasteiger partial charge in [-0.2, -0.15) is 17.0 Å². The Kier molecular flexibility index (Phi) is 3.62. The molecular weight excluding hydrogens is 220 g/mol. The Morgan fingerprint density at radius 3 is 2.94 bits per heavy atom. The number of nitriles is 1. The summed E-state index contributed by atoms with van der Waals surface area (Å²) in [5.41, 5.74) is 0.360. The summed E-state index contributed by atoms with van der Waals surface area (Å²) >= 11 is 1.90. The van der Waals surface area contributed by atoms with Crippen LogP contribution >= 0.6 is 11.8 Å². The smallest absolute Gasteiger partial charge is 0.158 e. The quantitative estimate of drug-likeness (QED) is 0.867. The van der Waals surface area contributed by atoms with Crippen LogP contribution in [-0.2, 0) is 0 Å². The Morgan fingerprint density at radius 1 is 1.44 bits per heavy atom. The van der Waals surface area contributed by atoms with Gasteiger partial charge in [0.15, 0.2) is 5.69 Å². The first-order valence-electron chi connectivity index (χ1n) is 5.35. The molecule has 84 valence electrons. The molecule has 2 unspecified atom stereocenters. The van der Waals surface area contributed by atoms with Crippen LogP contribution in [0.4, 0.5) is 5.82 Å². The lowest BCUT2D eigenvalue weighted by atomic mass is 10.2. The lowest BCUT2D eigenvalue weighted by Gasteiger charge is -2.19. The van der Waals surface area contributed by atoms with E-state index in [0.717, 1.165) is 5.82 Å². The van der Waals surface area contributed by atoms with Crippen LogP contribution in [0.15, 0.2) is 12.4 Å². The first kappa shape index (κ1) is 11.2. The predicted molar refractivity (Wildman–Crippen MR) is 65.3 cm³/mol. The zero-order valence-electron chi connectivity index (χ0n) is 9.18. The van der Waals surface area contributed by atoms with Gasteiger partial charge in [-0.05, 0) is 19.1 Å². The van der Waals surface area contributed by atoms with Gasteiger partial charge in [-0.3, -0.25) is 0 Å². The topological polar surface area (TPSA) is 61.6 Å². The first-order chi connectivity index (χ1) is 7.83. The van der Waals surface area contributed by atoms with Crippen molar-refractivity contribution in [3.05, 3.63) is 18.1 Å². The maximum absolute atomic E-state index is 8.62. The van der Waals surface area contributed by atoms with Crippen molar-refractivity contribution in [2.75, 3.05) is 11.6 Å². The van der Waals surface area contributed by atoms with Crippen molar-refractivity contribution in [2.45, 2.75) is 30.6 Å². The molecule has 0 aromatic carbocycles. The van der Waals surface area contributed by atoms with Gasteiger partial charge in [-0.25, -0.2) is 9.97 Å². The van der Waals surface area contributed by atoms with Gasteiger partial charge in [0, 0.05) is 11.3 Å². The molecule has 5 heteroatoms. The molecule has 1 aromatic rings. The molecule has 1 heterocycles. The van der Waals surface area contributed by atoms with Crippen LogP contribution in [0.1, 0.15) is 25.0 Å². The molecule has 0 bridgehead atoms. The van der Waals surface area contributed by atoms with E-state index >= 15 is 0 Å². The summed E-state index contributed by atoms with van der Waals surface area (Å²) in [6, 6.07) is 2.45. The maximum atomic E-state index is 8.62. The van der Waals surface area contributed by atoms with E-state index in [1.54, 1.807) is 6.20 Å². The highest BCUT2D eigenvalue weighted by atomic mass is 32.2. The average molecular weight is 234 g/mol. The van der Waals surface area contributed by atoms with E-state index in [1.807, 2.05) is 17.8 Å². The van der Waals surface area contributed by atoms with Crippen molar-refractivity contribution in [2.24, 2.45) is 0 Å². The zero-order valence-corrected chi connectivity index (χ0v) is 10.00. The molecule has 1 N–H and O–H groups in total. The molecule has 2 rings (SSSR count). The Labute approximate surface area is 99.5 Å². The third kappa shape index (κ3) is 2.45. The van der Waals surface area contributed by atoms with Crippen LogP contribution in [0.25, 0.3) is 0 Å². The fourth-order valence-electron chi connectivity index (χ4n) is 2.02. The van der Waals surface area contributed by atoms with Crippen LogP contribution in [-0.4, -0.2) is 27.5 Å². The monoisotopic (exact) mass is 234 g/mol. The summed E-state index contributed by atoms with van der Waals surface area (Å²) in [6.07, 6.45) is 9.01. The van der Waals surface area contributed by atoms with Gasteiger partial charge in [0.25, 0.3) is 0 Å². The summed E-state index contributed by atoms with van der Waals surface area (Å²) in [5, 5.41) is 12.7. The van der Waals surface area contributed by atoms with Gasteiger partial charge < -0.3 is 5.32 Å². The third-order valence-corrected chi connectivity index (χ3v) is 4.02. The lowest BCUT2D eigenvalue weighted by molar-refractivity contribution is 0.762. The number of aromatic nitrogens is 2. The van der Waals surface area contributed by atoms with Gasteiger partial charge in [-0.15, -0.1) is 0 Å². The van der Waals surface area contributed by atoms with Crippen molar-refractivity contribution in [3.8, 4) is 6.07 Å². The number of hydrogen-bond acceptors (Lipinski definition) is 5. The Balaban J connectivity index is 2.00. The molecule has 1 saturated carbocycles. The van der Waals surface area contributed by atoms with E-state index in [2.05, 4.69) is 21.5 Å². The Bertz CT molecular complexity index is 384. The number of thioether (sulfide) groups is 1. The summed E-state index contributed by atoms with van der Waals surface area (Å²) in [6.45, 7) is 0. The van der Waals surface area contributed by atoms with E-state index in [9.17, 15) is 0 Å². The zero-order chi connectivity index (χ0) is 11.4. The van der Waals surface area contributed by atoms with E-state index in [-0.39, 0.29) is 0 Å². The molecule has 0 saturated heterocycles. The fraction of sp³-hybridized carbons (Fsp3) is 0.545. The highest BCUT2D eigenvalue weighted by molar-refractivity contribution is 7.99. The SMILES string of the molecule is CSC1CCCC1Nc1cnc(C#N)cn1. The first-order valence-corrected chi connectivity index (χ1v) is 6.63. The number of anilines is 1. The van der Waals surface area contributed by atoms with Crippen molar-refractivity contribution in [3.63, 3.8) is 0 Å².